The number of carboxylic acids is 1. The Bertz CT molecular complexity index is 685. The van der Waals surface area contributed by atoms with Gasteiger partial charge in [0, 0.05) is 6.42 Å². The zero-order valence-electron chi connectivity index (χ0n) is 16.1. The fraction of sp³-hybridized carbons (Fsp3) is 0.500. The number of benzene rings is 1. The molecule has 4 N–H and O–H groups in total. The van der Waals surface area contributed by atoms with E-state index in [1.807, 2.05) is 0 Å². The van der Waals surface area contributed by atoms with Crippen LogP contribution in [0.5, 0.6) is 0 Å². The number of carbonyl (C=O) groups is 3. The van der Waals surface area contributed by atoms with Crippen LogP contribution in [0.2, 0.25) is 0 Å². The minimum Gasteiger partial charge on any atom is -0.481 e. The maximum absolute atomic E-state index is 12.8. The van der Waals surface area contributed by atoms with Crippen molar-refractivity contribution in [1.82, 2.24) is 5.32 Å². The van der Waals surface area contributed by atoms with E-state index in [9.17, 15) is 27.6 Å². The summed E-state index contributed by atoms with van der Waals surface area (Å²) in [5, 5.41) is 10.1. The summed E-state index contributed by atoms with van der Waals surface area (Å²) in [6.45, 7) is 6.52. The first-order chi connectivity index (χ1) is 12.7. The second kappa shape index (κ2) is 10.5. The predicted molar refractivity (Wildman–Crippen MR) is 95.3 cm³/mol. The number of alkyl carbamates (subject to hydrolysis) is 1. The highest BCUT2D eigenvalue weighted by Crippen LogP contribution is 2.31. The number of ether oxygens (including phenoxy) is 1. The number of alkyl halides is 3. The summed E-state index contributed by atoms with van der Waals surface area (Å²) in [5.74, 6) is -1.51. The quantitative estimate of drug-likeness (QED) is 0.690. The highest BCUT2D eigenvalue weighted by molar-refractivity contribution is 5.76. The number of carboxylic acid groups (broad SMARTS) is 1. The van der Waals surface area contributed by atoms with Crippen molar-refractivity contribution in [2.24, 2.45) is 5.73 Å². The molecule has 158 valence electrons. The van der Waals surface area contributed by atoms with E-state index in [0.29, 0.717) is 0 Å². The number of nitrogens with one attached hydrogen (secondary N) is 1. The van der Waals surface area contributed by atoms with Gasteiger partial charge in [0.05, 0.1) is 18.0 Å². The molecule has 0 saturated heterocycles. The van der Waals surface area contributed by atoms with Gasteiger partial charge < -0.3 is 20.9 Å². The molecule has 0 aliphatic carbocycles. The lowest BCUT2D eigenvalue weighted by Crippen LogP contribution is -2.36. The van der Waals surface area contributed by atoms with E-state index in [0.717, 1.165) is 12.1 Å². The Labute approximate surface area is 161 Å². The number of halogens is 3. The average molecular weight is 406 g/mol. The summed E-state index contributed by atoms with van der Waals surface area (Å²) in [6.07, 6.45) is -5.50. The average Bonchev–Trinajstić information content (AvgIpc) is 2.52. The number of nitrogens with two attached hydrogens (primary N) is 1. The molecule has 28 heavy (non-hydrogen) atoms. The van der Waals surface area contributed by atoms with Crippen molar-refractivity contribution in [2.45, 2.75) is 58.4 Å². The van der Waals surface area contributed by atoms with Gasteiger partial charge in [0.15, 0.2) is 0 Å². The van der Waals surface area contributed by atoms with E-state index in [4.69, 9.17) is 15.6 Å². The number of amides is 2. The van der Waals surface area contributed by atoms with E-state index in [1.54, 1.807) is 27.7 Å². The Kier molecular flexibility index (Phi) is 9.48. The number of primary amides is 1. The molecule has 0 fully saturated rings. The standard InChI is InChI=1S/C15H19F3N2O3.C3H6O2/c1-14(2,3)23-13(22)20-11(8-12(19)21)9-5-4-6-10(7-9)15(16,17)18;1-2-3(4)5/h4-7,11H,8H2,1-3H3,(H2,19,21)(H,20,22);2H2,1H3,(H,4,5). The third-order valence-electron chi connectivity index (χ3n) is 3.02. The van der Waals surface area contributed by atoms with Gasteiger partial charge in [0.2, 0.25) is 5.91 Å². The molecule has 7 nitrogen and oxygen atoms in total. The second-order valence-electron chi connectivity index (χ2n) is 6.74. The van der Waals surface area contributed by atoms with E-state index < -0.39 is 41.4 Å². The highest BCUT2D eigenvalue weighted by atomic mass is 19.4. The summed E-state index contributed by atoms with van der Waals surface area (Å²) in [5.41, 5.74) is 3.56. The molecule has 1 aromatic carbocycles. The first kappa shape index (κ1) is 25.2. The van der Waals surface area contributed by atoms with Crippen LogP contribution in [0.15, 0.2) is 24.3 Å². The maximum atomic E-state index is 12.8. The molecule has 0 saturated carbocycles. The largest absolute Gasteiger partial charge is 0.481 e. The Balaban J connectivity index is 0.00000129. The number of hydrogen-bond acceptors (Lipinski definition) is 4. The molecule has 0 aliphatic rings. The molecule has 0 aliphatic heterocycles. The van der Waals surface area contributed by atoms with Crippen molar-refractivity contribution in [3.05, 3.63) is 35.4 Å². The number of aliphatic carboxylic acids is 1. The van der Waals surface area contributed by atoms with Crippen LogP contribution in [-0.2, 0) is 20.5 Å². The van der Waals surface area contributed by atoms with Gasteiger partial charge in [0.25, 0.3) is 0 Å². The zero-order valence-corrected chi connectivity index (χ0v) is 16.1. The van der Waals surface area contributed by atoms with Gasteiger partial charge in [0.1, 0.15) is 5.60 Å². The van der Waals surface area contributed by atoms with Crippen LogP contribution in [0, 0.1) is 0 Å². The van der Waals surface area contributed by atoms with Crippen LogP contribution in [0.4, 0.5) is 18.0 Å². The fourth-order valence-electron chi connectivity index (χ4n) is 1.83. The SMILES string of the molecule is CC(C)(C)OC(=O)NC(CC(N)=O)c1cccc(C(F)(F)F)c1.CCC(=O)O. The number of hydrogen-bond donors (Lipinski definition) is 3. The van der Waals surface area contributed by atoms with Crippen molar-refractivity contribution in [1.29, 1.82) is 0 Å². The van der Waals surface area contributed by atoms with Crippen molar-refractivity contribution in [2.75, 3.05) is 0 Å². The van der Waals surface area contributed by atoms with Gasteiger partial charge in [-0.05, 0) is 38.5 Å². The van der Waals surface area contributed by atoms with Crippen molar-refractivity contribution in [3.8, 4) is 0 Å². The van der Waals surface area contributed by atoms with Crippen molar-refractivity contribution in [3.63, 3.8) is 0 Å². The molecule has 1 rings (SSSR count). The Morgan fingerprint density at radius 1 is 1.21 bits per heavy atom. The number of rotatable bonds is 5. The monoisotopic (exact) mass is 406 g/mol. The Hall–Kier alpha value is -2.78. The van der Waals surface area contributed by atoms with Gasteiger partial charge in [-0.3, -0.25) is 9.59 Å². The lowest BCUT2D eigenvalue weighted by atomic mass is 10.0. The third kappa shape index (κ3) is 11.0. The van der Waals surface area contributed by atoms with Crippen LogP contribution in [0.3, 0.4) is 0 Å². The highest BCUT2D eigenvalue weighted by Gasteiger charge is 2.31. The van der Waals surface area contributed by atoms with Crippen LogP contribution in [-0.4, -0.2) is 28.7 Å². The van der Waals surface area contributed by atoms with Gasteiger partial charge in [-0.2, -0.15) is 13.2 Å². The number of carbonyl (C=O) groups excluding carboxylic acids is 2. The molecule has 1 unspecified atom stereocenters. The molecule has 0 spiro atoms. The lowest BCUT2D eigenvalue weighted by molar-refractivity contribution is -0.138. The first-order valence-corrected chi connectivity index (χ1v) is 8.32. The molecule has 1 aromatic rings. The predicted octanol–water partition coefficient (Wildman–Crippen LogP) is 3.63. The van der Waals surface area contributed by atoms with Gasteiger partial charge in [-0.25, -0.2) is 4.79 Å². The Morgan fingerprint density at radius 3 is 2.14 bits per heavy atom. The van der Waals surface area contributed by atoms with E-state index in [1.165, 1.54) is 12.1 Å². The van der Waals surface area contributed by atoms with Gasteiger partial charge in [-0.15, -0.1) is 0 Å². The third-order valence-corrected chi connectivity index (χ3v) is 3.02. The van der Waals surface area contributed by atoms with Gasteiger partial charge in [-0.1, -0.05) is 19.1 Å². The van der Waals surface area contributed by atoms with E-state index in [-0.39, 0.29) is 18.4 Å². The minimum absolute atomic E-state index is 0.115. The van der Waals surface area contributed by atoms with Crippen molar-refractivity contribution < 1.29 is 37.4 Å². The molecule has 0 aromatic heterocycles. The fourth-order valence-corrected chi connectivity index (χ4v) is 1.83. The second-order valence-corrected chi connectivity index (χ2v) is 6.74. The molecular formula is C18H25F3N2O5. The van der Waals surface area contributed by atoms with Gasteiger partial charge >= 0.3 is 18.2 Å². The molecule has 2 amide bonds. The van der Waals surface area contributed by atoms with Crippen LogP contribution >= 0.6 is 0 Å². The molecular weight excluding hydrogens is 381 g/mol. The smallest absolute Gasteiger partial charge is 0.416 e. The first-order valence-electron chi connectivity index (χ1n) is 8.32. The zero-order chi connectivity index (χ0) is 22.1. The van der Waals surface area contributed by atoms with Crippen molar-refractivity contribution >= 4 is 18.0 Å². The molecule has 0 heterocycles. The van der Waals surface area contributed by atoms with Crippen LogP contribution < -0.4 is 11.1 Å². The molecule has 1 atom stereocenters. The summed E-state index contributed by atoms with van der Waals surface area (Å²) in [4.78, 5) is 32.3. The van der Waals surface area contributed by atoms with E-state index in [2.05, 4.69) is 5.32 Å². The summed E-state index contributed by atoms with van der Waals surface area (Å²) in [6, 6.07) is 3.33. The topological polar surface area (TPSA) is 119 Å². The van der Waals surface area contributed by atoms with Crippen LogP contribution in [0.25, 0.3) is 0 Å². The molecule has 10 heteroatoms. The summed E-state index contributed by atoms with van der Waals surface area (Å²) >= 11 is 0. The summed E-state index contributed by atoms with van der Waals surface area (Å²) < 4.78 is 43.4. The molecule has 0 bridgehead atoms. The summed E-state index contributed by atoms with van der Waals surface area (Å²) in [7, 11) is 0. The minimum atomic E-state index is -4.53. The molecule has 0 radical (unpaired) electrons. The normalized spacial score (nSPS) is 12.2. The Morgan fingerprint density at radius 2 is 1.75 bits per heavy atom. The maximum Gasteiger partial charge on any atom is 0.416 e. The van der Waals surface area contributed by atoms with Crippen LogP contribution in [0.1, 0.15) is 57.7 Å². The van der Waals surface area contributed by atoms with E-state index >= 15 is 0 Å². The lowest BCUT2D eigenvalue weighted by Gasteiger charge is -2.23.